The van der Waals surface area contributed by atoms with E-state index in [0.29, 0.717) is 6.42 Å². The molecule has 1 N–H and O–H groups in total. The van der Waals surface area contributed by atoms with Crippen LogP contribution in [0.5, 0.6) is 0 Å². The summed E-state index contributed by atoms with van der Waals surface area (Å²) >= 11 is 17.5. The molecule has 0 fully saturated rings. The minimum atomic E-state index is -4.02. The SMILES string of the molecule is CCCCCCCCC(=O)N[C@@H](C(Cl)(Cl)Cl)S(=O)(=O)c1ccccc1. The van der Waals surface area contributed by atoms with Gasteiger partial charge in [-0.05, 0) is 18.6 Å². The van der Waals surface area contributed by atoms with Gasteiger partial charge in [-0.2, -0.15) is 0 Å². The van der Waals surface area contributed by atoms with Gasteiger partial charge in [-0.25, -0.2) is 8.42 Å². The van der Waals surface area contributed by atoms with Crippen LogP contribution in [-0.2, 0) is 14.6 Å². The summed E-state index contributed by atoms with van der Waals surface area (Å²) in [5, 5.41) is 0.736. The van der Waals surface area contributed by atoms with E-state index in [1.165, 1.54) is 18.6 Å². The molecule has 0 aliphatic carbocycles. The van der Waals surface area contributed by atoms with Crippen molar-refractivity contribution < 1.29 is 13.2 Å². The molecule has 0 radical (unpaired) electrons. The first-order chi connectivity index (χ1) is 11.7. The maximum atomic E-state index is 12.7. The summed E-state index contributed by atoms with van der Waals surface area (Å²) in [6, 6.07) is 7.62. The van der Waals surface area contributed by atoms with Crippen LogP contribution in [0.4, 0.5) is 0 Å². The molecule has 4 nitrogen and oxygen atoms in total. The van der Waals surface area contributed by atoms with E-state index >= 15 is 0 Å². The molecule has 1 aromatic carbocycles. The number of alkyl halides is 3. The largest absolute Gasteiger partial charge is 0.336 e. The van der Waals surface area contributed by atoms with Crippen molar-refractivity contribution in [1.29, 1.82) is 0 Å². The maximum absolute atomic E-state index is 12.7. The highest BCUT2D eigenvalue weighted by molar-refractivity contribution is 7.92. The monoisotopic (exact) mass is 427 g/mol. The zero-order valence-corrected chi connectivity index (χ0v) is 17.3. The summed E-state index contributed by atoms with van der Waals surface area (Å²) in [6.45, 7) is 2.14. The lowest BCUT2D eigenvalue weighted by Gasteiger charge is -2.25. The Morgan fingerprint density at radius 2 is 1.60 bits per heavy atom. The van der Waals surface area contributed by atoms with Gasteiger partial charge in [0.1, 0.15) is 0 Å². The van der Waals surface area contributed by atoms with Gasteiger partial charge in [0.15, 0.2) is 5.37 Å². The Hall–Kier alpha value is -0.490. The lowest BCUT2D eigenvalue weighted by atomic mass is 10.1. The number of rotatable bonds is 10. The quantitative estimate of drug-likeness (QED) is 0.420. The van der Waals surface area contributed by atoms with Crippen LogP contribution in [-0.4, -0.2) is 23.5 Å². The number of nitrogens with one attached hydrogen (secondary N) is 1. The van der Waals surface area contributed by atoms with E-state index in [1.54, 1.807) is 18.2 Å². The topological polar surface area (TPSA) is 63.2 Å². The van der Waals surface area contributed by atoms with Gasteiger partial charge < -0.3 is 5.32 Å². The van der Waals surface area contributed by atoms with Gasteiger partial charge in [-0.15, -0.1) is 0 Å². The number of carbonyl (C=O) groups excluding carboxylic acids is 1. The summed E-state index contributed by atoms with van der Waals surface area (Å²) in [7, 11) is -4.02. The smallest absolute Gasteiger partial charge is 0.225 e. The zero-order valence-electron chi connectivity index (χ0n) is 14.2. The van der Waals surface area contributed by atoms with Crippen molar-refractivity contribution in [2.45, 2.75) is 65.9 Å². The van der Waals surface area contributed by atoms with E-state index in [4.69, 9.17) is 34.8 Å². The number of unbranched alkanes of at least 4 members (excludes halogenated alkanes) is 5. The predicted molar refractivity (Wildman–Crippen MR) is 104 cm³/mol. The van der Waals surface area contributed by atoms with Crippen LogP contribution in [0.1, 0.15) is 51.9 Å². The average Bonchev–Trinajstić information content (AvgIpc) is 2.55. The van der Waals surface area contributed by atoms with E-state index in [2.05, 4.69) is 12.2 Å². The number of benzene rings is 1. The Bertz CT molecular complexity index is 630. The highest BCUT2D eigenvalue weighted by atomic mass is 35.6. The fourth-order valence-electron chi connectivity index (χ4n) is 2.37. The molecule has 1 atom stereocenters. The maximum Gasteiger partial charge on any atom is 0.225 e. The van der Waals surface area contributed by atoms with Crippen molar-refractivity contribution in [2.75, 3.05) is 0 Å². The van der Waals surface area contributed by atoms with Crippen LogP contribution in [0.2, 0.25) is 0 Å². The molecule has 1 rings (SSSR count). The van der Waals surface area contributed by atoms with Gasteiger partial charge in [-0.1, -0.05) is 92.0 Å². The van der Waals surface area contributed by atoms with Crippen molar-refractivity contribution in [3.8, 4) is 0 Å². The molecular weight excluding hydrogens is 405 g/mol. The standard InChI is InChI=1S/C17H24Cl3NO3S/c1-2-3-4-5-6-10-13-15(22)21-16(17(18,19)20)25(23,24)14-11-8-7-9-12-14/h7-9,11-12,16H,2-6,10,13H2,1H3,(H,21,22)/t16-/m1/s1. The van der Waals surface area contributed by atoms with Crippen LogP contribution in [0, 0.1) is 0 Å². The first-order valence-corrected chi connectivity index (χ1v) is 11.0. The van der Waals surface area contributed by atoms with Gasteiger partial charge >= 0.3 is 0 Å². The Morgan fingerprint density at radius 3 is 2.16 bits per heavy atom. The first kappa shape index (κ1) is 22.6. The number of hydrogen-bond acceptors (Lipinski definition) is 3. The Balaban J connectivity index is 2.70. The van der Waals surface area contributed by atoms with Crippen molar-refractivity contribution >= 4 is 50.5 Å². The van der Waals surface area contributed by atoms with Gasteiger partial charge in [0.05, 0.1) is 4.90 Å². The van der Waals surface area contributed by atoms with Gasteiger partial charge in [-0.3, -0.25) is 4.79 Å². The molecule has 1 aromatic rings. The molecule has 0 aliphatic heterocycles. The highest BCUT2D eigenvalue weighted by Gasteiger charge is 2.44. The van der Waals surface area contributed by atoms with E-state index in [0.717, 1.165) is 25.7 Å². The lowest BCUT2D eigenvalue weighted by Crippen LogP contribution is -2.49. The fraction of sp³-hybridized carbons (Fsp3) is 0.588. The molecule has 0 saturated carbocycles. The molecule has 0 unspecified atom stereocenters. The Kier molecular flexibility index (Phi) is 9.57. The molecule has 25 heavy (non-hydrogen) atoms. The number of halogens is 3. The molecule has 142 valence electrons. The van der Waals surface area contributed by atoms with Crippen molar-refractivity contribution in [3.05, 3.63) is 30.3 Å². The lowest BCUT2D eigenvalue weighted by molar-refractivity contribution is -0.121. The van der Waals surface area contributed by atoms with Crippen LogP contribution in [0.15, 0.2) is 35.2 Å². The van der Waals surface area contributed by atoms with Gasteiger partial charge in [0, 0.05) is 6.42 Å². The first-order valence-electron chi connectivity index (χ1n) is 8.34. The Labute approximate surface area is 165 Å². The summed E-state index contributed by atoms with van der Waals surface area (Å²) < 4.78 is 23.2. The third kappa shape index (κ3) is 7.73. The van der Waals surface area contributed by atoms with Crippen LogP contribution < -0.4 is 5.32 Å². The van der Waals surface area contributed by atoms with Gasteiger partial charge in [0.25, 0.3) is 0 Å². The number of sulfone groups is 1. The van der Waals surface area contributed by atoms with E-state index < -0.39 is 24.9 Å². The second-order valence-electron chi connectivity index (χ2n) is 5.86. The van der Waals surface area contributed by atoms with Crippen LogP contribution >= 0.6 is 34.8 Å². The summed E-state index contributed by atoms with van der Waals surface area (Å²) in [6.07, 6.45) is 6.31. The highest BCUT2D eigenvalue weighted by Crippen LogP contribution is 2.35. The predicted octanol–water partition coefficient (Wildman–Crippen LogP) is 5.02. The molecule has 1 amide bonds. The molecule has 8 heteroatoms. The minimum absolute atomic E-state index is 0.00816. The van der Waals surface area contributed by atoms with Crippen molar-refractivity contribution in [1.82, 2.24) is 5.32 Å². The van der Waals surface area contributed by atoms with Crippen LogP contribution in [0.3, 0.4) is 0 Å². The minimum Gasteiger partial charge on any atom is -0.336 e. The second-order valence-corrected chi connectivity index (χ2v) is 10.3. The van der Waals surface area contributed by atoms with E-state index in [9.17, 15) is 13.2 Å². The van der Waals surface area contributed by atoms with Crippen LogP contribution in [0.25, 0.3) is 0 Å². The van der Waals surface area contributed by atoms with Crippen molar-refractivity contribution in [3.63, 3.8) is 0 Å². The molecular formula is C17H24Cl3NO3S. The average molecular weight is 429 g/mol. The number of carbonyl (C=O) groups is 1. The second kappa shape index (κ2) is 10.6. The summed E-state index contributed by atoms with van der Waals surface area (Å²) in [4.78, 5) is 12.1. The number of hydrogen-bond donors (Lipinski definition) is 1. The van der Waals surface area contributed by atoms with E-state index in [1.807, 2.05) is 0 Å². The van der Waals surface area contributed by atoms with Gasteiger partial charge in [0.2, 0.25) is 19.5 Å². The third-order valence-electron chi connectivity index (χ3n) is 3.73. The fourth-order valence-corrected chi connectivity index (χ4v) is 5.03. The molecule has 0 aromatic heterocycles. The molecule has 0 aliphatic rings. The molecule has 0 heterocycles. The normalized spacial score (nSPS) is 13.4. The summed E-state index contributed by atoms with van der Waals surface area (Å²) in [5.41, 5.74) is 0. The van der Waals surface area contributed by atoms with Crippen molar-refractivity contribution in [2.24, 2.45) is 0 Å². The van der Waals surface area contributed by atoms with E-state index in [-0.39, 0.29) is 11.3 Å². The summed E-state index contributed by atoms with van der Waals surface area (Å²) in [5.74, 6) is -0.439. The third-order valence-corrected chi connectivity index (χ3v) is 6.79. The zero-order chi connectivity index (χ0) is 18.9. The molecule has 0 saturated heterocycles. The molecule has 0 spiro atoms. The number of amides is 1. The Morgan fingerprint density at radius 1 is 1.04 bits per heavy atom. The molecule has 0 bridgehead atoms.